The van der Waals surface area contributed by atoms with E-state index in [-0.39, 0.29) is 0 Å². The van der Waals surface area contributed by atoms with Crippen molar-refractivity contribution in [3.05, 3.63) is 146 Å². The molecule has 0 amide bonds. The Morgan fingerprint density at radius 3 is 1.68 bits per heavy atom. The van der Waals surface area contributed by atoms with Gasteiger partial charge in [-0.1, -0.05) is 121 Å². The molecule has 0 saturated carbocycles. The highest BCUT2D eigenvalue weighted by atomic mass is 16.3. The minimum Gasteiger partial charge on any atom is -0.456 e. The van der Waals surface area contributed by atoms with Gasteiger partial charge in [0.25, 0.3) is 0 Å². The van der Waals surface area contributed by atoms with Crippen LogP contribution < -0.4 is 0 Å². The molecule has 2 heterocycles. The van der Waals surface area contributed by atoms with Crippen LogP contribution in [0.2, 0.25) is 0 Å². The number of fused-ring (bicyclic) bond motifs is 4. The van der Waals surface area contributed by atoms with E-state index in [0.717, 1.165) is 72.0 Å². The van der Waals surface area contributed by atoms with Crippen molar-refractivity contribution in [3.8, 4) is 44.9 Å². The van der Waals surface area contributed by atoms with Gasteiger partial charge in [-0.25, -0.2) is 0 Å². The first-order valence-corrected chi connectivity index (χ1v) is 13.5. The number of benzene rings is 6. The van der Waals surface area contributed by atoms with Gasteiger partial charge >= 0.3 is 0 Å². The minimum absolute atomic E-state index is 0.844. The van der Waals surface area contributed by atoms with E-state index in [2.05, 4.69) is 127 Å². The number of furan rings is 2. The van der Waals surface area contributed by atoms with E-state index in [1.54, 1.807) is 0 Å². The standard InChI is InChI=1S/C38H24O2/c1-3-12-25(13-4-1)27-16-11-17-28(22-27)37-30-19-7-8-20-31(30)38(40-37)34-24-36-33(29-18-9-10-21-35(29)39-36)23-32(34)26-14-5-2-6-15-26/h1-24H. The summed E-state index contributed by atoms with van der Waals surface area (Å²) < 4.78 is 13.2. The number of hydrogen-bond acceptors (Lipinski definition) is 2. The highest BCUT2D eigenvalue weighted by molar-refractivity contribution is 6.11. The van der Waals surface area contributed by atoms with Crippen LogP contribution in [0.1, 0.15) is 0 Å². The molecule has 0 spiro atoms. The maximum atomic E-state index is 6.87. The van der Waals surface area contributed by atoms with Gasteiger partial charge in [-0.15, -0.1) is 0 Å². The molecule has 0 saturated heterocycles. The van der Waals surface area contributed by atoms with Crippen LogP contribution >= 0.6 is 0 Å². The van der Waals surface area contributed by atoms with E-state index >= 15 is 0 Å². The predicted octanol–water partition coefficient (Wildman–Crippen LogP) is 11.0. The van der Waals surface area contributed by atoms with Gasteiger partial charge in [0.2, 0.25) is 0 Å². The van der Waals surface area contributed by atoms with Gasteiger partial charge in [0, 0.05) is 32.7 Å². The molecule has 188 valence electrons. The van der Waals surface area contributed by atoms with Crippen LogP contribution in [0.25, 0.3) is 77.6 Å². The van der Waals surface area contributed by atoms with Gasteiger partial charge < -0.3 is 8.83 Å². The van der Waals surface area contributed by atoms with Crippen LogP contribution in [0.5, 0.6) is 0 Å². The summed E-state index contributed by atoms with van der Waals surface area (Å²) in [4.78, 5) is 0. The molecule has 0 aliphatic carbocycles. The van der Waals surface area contributed by atoms with Crippen LogP contribution in [-0.2, 0) is 0 Å². The van der Waals surface area contributed by atoms with Gasteiger partial charge in [0.1, 0.15) is 22.7 Å². The van der Waals surface area contributed by atoms with Crippen LogP contribution in [-0.4, -0.2) is 0 Å². The molecule has 0 aliphatic rings. The molecule has 0 N–H and O–H groups in total. The Hall–Kier alpha value is -5.34. The molecule has 6 aromatic carbocycles. The zero-order valence-electron chi connectivity index (χ0n) is 21.7. The Morgan fingerprint density at radius 2 is 0.900 bits per heavy atom. The second-order valence-corrected chi connectivity index (χ2v) is 10.1. The second-order valence-electron chi connectivity index (χ2n) is 10.1. The summed E-state index contributed by atoms with van der Waals surface area (Å²) in [5, 5.41) is 4.38. The van der Waals surface area contributed by atoms with Gasteiger partial charge in [-0.2, -0.15) is 0 Å². The van der Waals surface area contributed by atoms with E-state index in [0.29, 0.717) is 0 Å². The summed E-state index contributed by atoms with van der Waals surface area (Å²) in [6.45, 7) is 0. The van der Waals surface area contributed by atoms with E-state index in [9.17, 15) is 0 Å². The first-order valence-electron chi connectivity index (χ1n) is 13.5. The smallest absolute Gasteiger partial charge is 0.143 e. The van der Waals surface area contributed by atoms with E-state index < -0.39 is 0 Å². The van der Waals surface area contributed by atoms with Crippen molar-refractivity contribution in [3.63, 3.8) is 0 Å². The average molecular weight is 513 g/mol. The molecule has 2 nitrogen and oxygen atoms in total. The summed E-state index contributed by atoms with van der Waals surface area (Å²) in [6, 6.07) is 50.6. The third-order valence-corrected chi connectivity index (χ3v) is 7.70. The third kappa shape index (κ3) is 3.65. The zero-order chi connectivity index (χ0) is 26.5. The average Bonchev–Trinajstić information content (AvgIpc) is 3.60. The Bertz CT molecular complexity index is 2150. The molecular weight excluding hydrogens is 488 g/mol. The Morgan fingerprint density at radius 1 is 0.300 bits per heavy atom. The van der Waals surface area contributed by atoms with Crippen LogP contribution in [0.4, 0.5) is 0 Å². The SMILES string of the molecule is c1ccc(-c2cccc(-c3oc(-c4cc5oc6ccccc6c5cc4-c4ccccc4)c4ccccc34)c2)cc1. The summed E-state index contributed by atoms with van der Waals surface area (Å²) >= 11 is 0. The van der Waals surface area contributed by atoms with Gasteiger partial charge in [-0.3, -0.25) is 0 Å². The lowest BCUT2D eigenvalue weighted by molar-refractivity contribution is 0.602. The quantitative estimate of drug-likeness (QED) is 0.234. The molecule has 0 fully saturated rings. The summed E-state index contributed by atoms with van der Waals surface area (Å²) in [5.74, 6) is 1.71. The lowest BCUT2D eigenvalue weighted by Crippen LogP contribution is -1.85. The van der Waals surface area contributed by atoms with Crippen molar-refractivity contribution < 1.29 is 8.83 Å². The fourth-order valence-electron chi connectivity index (χ4n) is 5.79. The minimum atomic E-state index is 0.844. The molecule has 0 unspecified atom stereocenters. The molecule has 2 heteroatoms. The van der Waals surface area contributed by atoms with Crippen LogP contribution in [0, 0.1) is 0 Å². The number of para-hydroxylation sites is 1. The Balaban J connectivity index is 1.40. The fourth-order valence-corrected chi connectivity index (χ4v) is 5.79. The lowest BCUT2D eigenvalue weighted by Gasteiger charge is -2.09. The normalized spacial score (nSPS) is 11.5. The molecule has 2 aromatic heterocycles. The highest BCUT2D eigenvalue weighted by Gasteiger charge is 2.21. The molecule has 0 aliphatic heterocycles. The molecule has 0 radical (unpaired) electrons. The monoisotopic (exact) mass is 512 g/mol. The summed E-state index contributed by atoms with van der Waals surface area (Å²) in [5.41, 5.74) is 8.40. The Kier molecular flexibility index (Phi) is 5.17. The Labute approximate surface area is 231 Å². The molecule has 8 aromatic rings. The van der Waals surface area contributed by atoms with E-state index in [1.165, 1.54) is 5.56 Å². The predicted molar refractivity (Wildman–Crippen MR) is 165 cm³/mol. The number of hydrogen-bond donors (Lipinski definition) is 0. The molecule has 0 atom stereocenters. The van der Waals surface area contributed by atoms with E-state index in [4.69, 9.17) is 8.83 Å². The van der Waals surface area contributed by atoms with Crippen molar-refractivity contribution in [2.24, 2.45) is 0 Å². The molecular formula is C38H24O2. The van der Waals surface area contributed by atoms with Crippen molar-refractivity contribution in [1.29, 1.82) is 0 Å². The van der Waals surface area contributed by atoms with Crippen molar-refractivity contribution in [2.75, 3.05) is 0 Å². The van der Waals surface area contributed by atoms with Gasteiger partial charge in [-0.05, 0) is 46.5 Å². The fraction of sp³-hybridized carbons (Fsp3) is 0. The van der Waals surface area contributed by atoms with Crippen LogP contribution in [0.15, 0.2) is 154 Å². The number of rotatable bonds is 4. The molecule has 0 bridgehead atoms. The van der Waals surface area contributed by atoms with Crippen molar-refractivity contribution in [1.82, 2.24) is 0 Å². The topological polar surface area (TPSA) is 26.3 Å². The third-order valence-electron chi connectivity index (χ3n) is 7.70. The first kappa shape index (κ1) is 22.6. The van der Waals surface area contributed by atoms with Crippen LogP contribution in [0.3, 0.4) is 0 Å². The van der Waals surface area contributed by atoms with Crippen molar-refractivity contribution in [2.45, 2.75) is 0 Å². The van der Waals surface area contributed by atoms with Gasteiger partial charge in [0.05, 0.1) is 0 Å². The first-order chi connectivity index (χ1) is 19.8. The molecule has 40 heavy (non-hydrogen) atoms. The highest BCUT2D eigenvalue weighted by Crippen LogP contribution is 2.45. The summed E-state index contributed by atoms with van der Waals surface area (Å²) in [6.07, 6.45) is 0. The maximum absolute atomic E-state index is 6.87. The largest absolute Gasteiger partial charge is 0.456 e. The van der Waals surface area contributed by atoms with Crippen molar-refractivity contribution >= 4 is 32.7 Å². The van der Waals surface area contributed by atoms with Gasteiger partial charge in [0.15, 0.2) is 0 Å². The second kappa shape index (κ2) is 9.14. The zero-order valence-corrected chi connectivity index (χ0v) is 21.7. The lowest BCUT2D eigenvalue weighted by atomic mass is 9.94. The van der Waals surface area contributed by atoms with E-state index in [1.807, 2.05) is 18.2 Å². The molecule has 8 rings (SSSR count). The summed E-state index contributed by atoms with van der Waals surface area (Å²) in [7, 11) is 0. The maximum Gasteiger partial charge on any atom is 0.143 e.